The fraction of sp³-hybridized carbons (Fsp3) is 0.150. The standard InChI is InChI=1S/C20H18Cl2N4O/c21-16-2-1-3-17(22)18(16)19(25-12-14-4-8-23-9-5-14)20(27)26-13-15-6-10-24-11-7-15/h1-11,19,25H,12-13H2,(H,26,27). The van der Waals surface area contributed by atoms with Crippen molar-refractivity contribution >= 4 is 29.1 Å². The number of nitrogens with zero attached hydrogens (tertiary/aromatic N) is 2. The molecule has 0 radical (unpaired) electrons. The fourth-order valence-corrected chi connectivity index (χ4v) is 3.24. The topological polar surface area (TPSA) is 66.9 Å². The van der Waals surface area contributed by atoms with Crippen molar-refractivity contribution in [1.29, 1.82) is 0 Å². The molecule has 0 fully saturated rings. The molecule has 3 aromatic rings. The van der Waals surface area contributed by atoms with E-state index in [0.717, 1.165) is 11.1 Å². The summed E-state index contributed by atoms with van der Waals surface area (Å²) in [4.78, 5) is 20.9. The number of aromatic nitrogens is 2. The molecule has 0 saturated carbocycles. The minimum absolute atomic E-state index is 0.212. The molecular weight excluding hydrogens is 383 g/mol. The Hall–Kier alpha value is -2.47. The third-order valence-corrected chi connectivity index (χ3v) is 4.69. The molecule has 0 aliphatic carbocycles. The number of amides is 1. The summed E-state index contributed by atoms with van der Waals surface area (Å²) in [5.41, 5.74) is 2.51. The maximum atomic E-state index is 12.9. The van der Waals surface area contributed by atoms with Gasteiger partial charge in [0.2, 0.25) is 5.91 Å². The van der Waals surface area contributed by atoms with Gasteiger partial charge in [-0.2, -0.15) is 0 Å². The number of carbonyl (C=O) groups excluding carboxylic acids is 1. The first kappa shape index (κ1) is 19.3. The summed E-state index contributed by atoms with van der Waals surface area (Å²) in [6, 6.07) is 12.0. The molecule has 0 aliphatic rings. The van der Waals surface area contributed by atoms with Gasteiger partial charge in [-0.05, 0) is 47.5 Å². The second kappa shape index (κ2) is 9.46. The maximum Gasteiger partial charge on any atom is 0.242 e. The van der Waals surface area contributed by atoms with Crippen LogP contribution in [0.25, 0.3) is 0 Å². The second-order valence-electron chi connectivity index (χ2n) is 5.88. The number of halogens is 2. The minimum Gasteiger partial charge on any atom is -0.350 e. The van der Waals surface area contributed by atoms with Gasteiger partial charge < -0.3 is 5.32 Å². The summed E-state index contributed by atoms with van der Waals surface area (Å²) < 4.78 is 0. The summed E-state index contributed by atoms with van der Waals surface area (Å²) in [5, 5.41) is 7.06. The van der Waals surface area contributed by atoms with Gasteiger partial charge >= 0.3 is 0 Å². The van der Waals surface area contributed by atoms with Crippen LogP contribution in [0.15, 0.2) is 67.3 Å². The first-order valence-corrected chi connectivity index (χ1v) is 9.13. The van der Waals surface area contributed by atoms with E-state index in [0.29, 0.717) is 28.7 Å². The molecule has 3 rings (SSSR count). The normalized spacial score (nSPS) is 11.8. The molecule has 0 spiro atoms. The van der Waals surface area contributed by atoms with Gasteiger partial charge in [-0.25, -0.2) is 0 Å². The van der Waals surface area contributed by atoms with E-state index in [-0.39, 0.29) is 5.91 Å². The number of hydrogen-bond donors (Lipinski definition) is 2. The van der Waals surface area contributed by atoms with Gasteiger partial charge in [-0.1, -0.05) is 29.3 Å². The highest BCUT2D eigenvalue weighted by molar-refractivity contribution is 6.36. The average molecular weight is 401 g/mol. The Kier molecular flexibility index (Phi) is 6.76. The molecule has 138 valence electrons. The first-order chi connectivity index (χ1) is 13.1. The third kappa shape index (κ3) is 5.26. The third-order valence-electron chi connectivity index (χ3n) is 4.03. The van der Waals surface area contributed by atoms with Gasteiger partial charge in [-0.3, -0.25) is 20.1 Å². The molecule has 0 bridgehead atoms. The van der Waals surface area contributed by atoms with Crippen LogP contribution in [0.5, 0.6) is 0 Å². The van der Waals surface area contributed by atoms with Gasteiger partial charge in [0.25, 0.3) is 0 Å². The fourth-order valence-electron chi connectivity index (χ4n) is 2.62. The van der Waals surface area contributed by atoms with Crippen molar-refractivity contribution in [1.82, 2.24) is 20.6 Å². The summed E-state index contributed by atoms with van der Waals surface area (Å²) in [6.07, 6.45) is 6.78. The van der Waals surface area contributed by atoms with Crippen LogP contribution in [0.4, 0.5) is 0 Å². The van der Waals surface area contributed by atoms with Gasteiger partial charge in [0.05, 0.1) is 0 Å². The van der Waals surface area contributed by atoms with E-state index < -0.39 is 6.04 Å². The lowest BCUT2D eigenvalue weighted by Gasteiger charge is -2.21. The van der Waals surface area contributed by atoms with Crippen LogP contribution >= 0.6 is 23.2 Å². The van der Waals surface area contributed by atoms with E-state index in [1.807, 2.05) is 24.3 Å². The number of carbonyl (C=O) groups is 1. The van der Waals surface area contributed by atoms with Crippen LogP contribution in [-0.2, 0) is 17.9 Å². The van der Waals surface area contributed by atoms with Crippen molar-refractivity contribution in [3.63, 3.8) is 0 Å². The Bertz CT molecular complexity index is 871. The van der Waals surface area contributed by atoms with Crippen LogP contribution in [-0.4, -0.2) is 15.9 Å². The molecule has 2 N–H and O–H groups in total. The minimum atomic E-state index is -0.693. The van der Waals surface area contributed by atoms with E-state index in [2.05, 4.69) is 20.6 Å². The highest BCUT2D eigenvalue weighted by atomic mass is 35.5. The van der Waals surface area contributed by atoms with Gasteiger partial charge in [0.15, 0.2) is 0 Å². The van der Waals surface area contributed by atoms with Gasteiger partial charge in [-0.15, -0.1) is 0 Å². The second-order valence-corrected chi connectivity index (χ2v) is 6.69. The van der Waals surface area contributed by atoms with Crippen LogP contribution in [0.1, 0.15) is 22.7 Å². The predicted octanol–water partition coefficient (Wildman–Crippen LogP) is 3.93. The van der Waals surface area contributed by atoms with Crippen LogP contribution in [0.3, 0.4) is 0 Å². The number of pyridine rings is 2. The Labute approximate surface area is 167 Å². The largest absolute Gasteiger partial charge is 0.350 e. The van der Waals surface area contributed by atoms with Gasteiger partial charge in [0.1, 0.15) is 6.04 Å². The van der Waals surface area contributed by atoms with E-state index in [4.69, 9.17) is 23.2 Å². The number of rotatable bonds is 7. The molecule has 2 heterocycles. The zero-order valence-electron chi connectivity index (χ0n) is 14.4. The lowest BCUT2D eigenvalue weighted by molar-refractivity contribution is -0.123. The van der Waals surface area contributed by atoms with Crippen molar-refractivity contribution in [3.8, 4) is 0 Å². The molecule has 2 aromatic heterocycles. The Balaban J connectivity index is 1.79. The van der Waals surface area contributed by atoms with Crippen molar-refractivity contribution in [3.05, 3.63) is 94.0 Å². The van der Waals surface area contributed by atoms with E-state index >= 15 is 0 Å². The Morgan fingerprint density at radius 3 is 1.93 bits per heavy atom. The zero-order chi connectivity index (χ0) is 19.1. The summed E-state index contributed by atoms with van der Waals surface area (Å²) in [7, 11) is 0. The van der Waals surface area contributed by atoms with Crippen LogP contribution < -0.4 is 10.6 Å². The molecule has 1 aromatic carbocycles. The van der Waals surface area contributed by atoms with E-state index in [9.17, 15) is 4.79 Å². The quantitative estimate of drug-likeness (QED) is 0.630. The number of nitrogens with one attached hydrogen (secondary N) is 2. The molecule has 7 heteroatoms. The summed E-state index contributed by atoms with van der Waals surface area (Å²) in [5.74, 6) is -0.212. The highest BCUT2D eigenvalue weighted by Gasteiger charge is 2.25. The molecular formula is C20H18Cl2N4O. The van der Waals surface area contributed by atoms with E-state index in [1.165, 1.54) is 0 Å². The molecule has 5 nitrogen and oxygen atoms in total. The number of benzene rings is 1. The molecule has 27 heavy (non-hydrogen) atoms. The summed E-state index contributed by atoms with van der Waals surface area (Å²) >= 11 is 12.7. The van der Waals surface area contributed by atoms with Crippen LogP contribution in [0.2, 0.25) is 10.0 Å². The van der Waals surface area contributed by atoms with Crippen molar-refractivity contribution in [2.24, 2.45) is 0 Å². The molecule has 1 unspecified atom stereocenters. The number of hydrogen-bond acceptors (Lipinski definition) is 4. The van der Waals surface area contributed by atoms with E-state index in [1.54, 1.807) is 43.0 Å². The zero-order valence-corrected chi connectivity index (χ0v) is 15.9. The summed E-state index contributed by atoms with van der Waals surface area (Å²) in [6.45, 7) is 0.855. The van der Waals surface area contributed by atoms with Crippen molar-refractivity contribution in [2.75, 3.05) is 0 Å². The maximum absolute atomic E-state index is 12.9. The van der Waals surface area contributed by atoms with Crippen molar-refractivity contribution < 1.29 is 4.79 Å². The Morgan fingerprint density at radius 1 is 0.852 bits per heavy atom. The molecule has 0 saturated heterocycles. The molecule has 1 amide bonds. The Morgan fingerprint density at radius 2 is 1.37 bits per heavy atom. The van der Waals surface area contributed by atoms with Crippen molar-refractivity contribution in [2.45, 2.75) is 19.1 Å². The van der Waals surface area contributed by atoms with Crippen LogP contribution in [0, 0.1) is 0 Å². The predicted molar refractivity (Wildman–Crippen MR) is 106 cm³/mol. The molecule has 1 atom stereocenters. The smallest absolute Gasteiger partial charge is 0.242 e. The lowest BCUT2D eigenvalue weighted by Crippen LogP contribution is -2.37. The molecule has 0 aliphatic heterocycles. The lowest BCUT2D eigenvalue weighted by atomic mass is 10.0. The average Bonchev–Trinajstić information content (AvgIpc) is 2.70. The first-order valence-electron chi connectivity index (χ1n) is 8.38. The van der Waals surface area contributed by atoms with Gasteiger partial charge in [0, 0.05) is 53.5 Å². The monoisotopic (exact) mass is 400 g/mol. The highest BCUT2D eigenvalue weighted by Crippen LogP contribution is 2.30. The SMILES string of the molecule is O=C(NCc1ccncc1)C(NCc1ccncc1)c1c(Cl)cccc1Cl.